The number of rotatable bonds is 5. The lowest BCUT2D eigenvalue weighted by Gasteiger charge is -2.42. The highest BCUT2D eigenvalue weighted by Crippen LogP contribution is 2.21. The number of hydrogen-bond donors (Lipinski definition) is 0. The normalized spacial score (nSPS) is 26.0. The molecule has 6 heteroatoms. The molecule has 0 N–H and O–H groups in total. The Bertz CT molecular complexity index is 343. The van der Waals surface area contributed by atoms with Crippen molar-refractivity contribution in [2.45, 2.75) is 32.5 Å². The Hall–Kier alpha value is 0.160. The van der Waals surface area contributed by atoms with Crippen LogP contribution in [0.2, 0.25) is 0 Å². The molecule has 1 heterocycles. The number of sulfone groups is 1. The average Bonchev–Trinajstić information content (AvgIpc) is 2.24. The first kappa shape index (κ1) is 15.2. The van der Waals surface area contributed by atoms with Gasteiger partial charge in [-0.15, -0.1) is 11.6 Å². The lowest BCUT2D eigenvalue weighted by atomic mass is 10.1. The van der Waals surface area contributed by atoms with Crippen LogP contribution in [0.1, 0.15) is 20.8 Å². The lowest BCUT2D eigenvalue weighted by molar-refractivity contribution is -0.126. The Morgan fingerprint density at radius 2 is 2.12 bits per heavy atom. The van der Waals surface area contributed by atoms with Gasteiger partial charge in [0.1, 0.15) is 0 Å². The van der Waals surface area contributed by atoms with Gasteiger partial charge in [-0.2, -0.15) is 0 Å². The summed E-state index contributed by atoms with van der Waals surface area (Å²) in [6.07, 6.45) is -0.00949. The molecular weight excluding hydrogens is 262 g/mol. The van der Waals surface area contributed by atoms with E-state index in [1.165, 1.54) is 0 Å². The summed E-state index contributed by atoms with van der Waals surface area (Å²) in [5.74, 6) is 0.870. The van der Waals surface area contributed by atoms with Crippen LogP contribution in [0, 0.1) is 0 Å². The second-order valence-electron chi connectivity index (χ2n) is 5.13. The molecule has 4 nitrogen and oxygen atoms in total. The second kappa shape index (κ2) is 5.87. The first-order valence-electron chi connectivity index (χ1n) is 5.94. The molecule has 0 aliphatic carbocycles. The van der Waals surface area contributed by atoms with Crippen molar-refractivity contribution in [3.8, 4) is 0 Å². The molecule has 1 fully saturated rings. The SMILES string of the molecule is CCS(=O)(=O)CCN1CC(CCl)OC(C)(C)C1. The monoisotopic (exact) mass is 283 g/mol. The molecule has 0 spiro atoms. The highest BCUT2D eigenvalue weighted by atomic mass is 35.5. The van der Waals surface area contributed by atoms with Crippen LogP contribution < -0.4 is 0 Å². The van der Waals surface area contributed by atoms with Crippen LogP contribution in [0.4, 0.5) is 0 Å². The van der Waals surface area contributed by atoms with Crippen LogP contribution in [-0.4, -0.2) is 62.0 Å². The number of nitrogens with zero attached hydrogens (tertiary/aromatic N) is 1. The summed E-state index contributed by atoms with van der Waals surface area (Å²) in [6, 6.07) is 0. The molecule has 0 aromatic rings. The van der Waals surface area contributed by atoms with Crippen LogP contribution in [-0.2, 0) is 14.6 Å². The van der Waals surface area contributed by atoms with Crippen molar-refractivity contribution < 1.29 is 13.2 Å². The van der Waals surface area contributed by atoms with E-state index in [0.29, 0.717) is 19.0 Å². The molecule has 1 unspecified atom stereocenters. The lowest BCUT2D eigenvalue weighted by Crippen LogP contribution is -2.54. The van der Waals surface area contributed by atoms with E-state index in [-0.39, 0.29) is 23.2 Å². The van der Waals surface area contributed by atoms with E-state index in [9.17, 15) is 8.42 Å². The summed E-state index contributed by atoms with van der Waals surface area (Å²) in [5, 5.41) is 0. The summed E-state index contributed by atoms with van der Waals surface area (Å²) >= 11 is 5.82. The third-order valence-corrected chi connectivity index (χ3v) is 4.91. The van der Waals surface area contributed by atoms with E-state index in [1.807, 2.05) is 13.8 Å². The third-order valence-electron chi connectivity index (χ3n) is 2.88. The van der Waals surface area contributed by atoms with E-state index < -0.39 is 9.84 Å². The largest absolute Gasteiger partial charge is 0.368 e. The maximum absolute atomic E-state index is 11.5. The van der Waals surface area contributed by atoms with Crippen molar-refractivity contribution in [3.05, 3.63) is 0 Å². The summed E-state index contributed by atoms with van der Waals surface area (Å²) in [7, 11) is -2.90. The smallest absolute Gasteiger partial charge is 0.151 e. The number of hydrogen-bond acceptors (Lipinski definition) is 4. The second-order valence-corrected chi connectivity index (χ2v) is 7.91. The van der Waals surface area contributed by atoms with Crippen LogP contribution in [0.25, 0.3) is 0 Å². The van der Waals surface area contributed by atoms with Gasteiger partial charge in [-0.25, -0.2) is 8.42 Å². The number of ether oxygens (including phenoxy) is 1. The van der Waals surface area contributed by atoms with E-state index in [2.05, 4.69) is 4.90 Å². The van der Waals surface area contributed by atoms with Gasteiger partial charge in [0, 0.05) is 31.3 Å². The van der Waals surface area contributed by atoms with Gasteiger partial charge in [0.25, 0.3) is 0 Å². The Kier molecular flexibility index (Phi) is 5.25. The molecular formula is C11H22ClNO3S. The van der Waals surface area contributed by atoms with E-state index >= 15 is 0 Å². The number of alkyl halides is 1. The zero-order valence-electron chi connectivity index (χ0n) is 10.8. The van der Waals surface area contributed by atoms with Crippen LogP contribution in [0.5, 0.6) is 0 Å². The number of morpholine rings is 1. The average molecular weight is 284 g/mol. The fourth-order valence-electron chi connectivity index (χ4n) is 2.08. The Balaban J connectivity index is 2.54. The molecule has 1 saturated heterocycles. The maximum Gasteiger partial charge on any atom is 0.151 e. The van der Waals surface area contributed by atoms with E-state index in [1.54, 1.807) is 6.92 Å². The van der Waals surface area contributed by atoms with Crippen molar-refractivity contribution >= 4 is 21.4 Å². The fraction of sp³-hybridized carbons (Fsp3) is 1.00. The van der Waals surface area contributed by atoms with E-state index in [0.717, 1.165) is 6.54 Å². The minimum absolute atomic E-state index is 0.00949. The summed E-state index contributed by atoms with van der Waals surface area (Å²) in [5.41, 5.74) is -0.256. The van der Waals surface area contributed by atoms with Gasteiger partial charge in [-0.1, -0.05) is 6.92 Å². The molecule has 1 aliphatic rings. The van der Waals surface area contributed by atoms with Crippen molar-refractivity contribution in [1.29, 1.82) is 0 Å². The molecule has 102 valence electrons. The third kappa shape index (κ3) is 5.12. The maximum atomic E-state index is 11.5. The topological polar surface area (TPSA) is 46.6 Å². The molecule has 1 atom stereocenters. The van der Waals surface area contributed by atoms with Gasteiger partial charge < -0.3 is 4.74 Å². The zero-order valence-corrected chi connectivity index (χ0v) is 12.4. The molecule has 0 amide bonds. The molecule has 0 aromatic heterocycles. The Labute approximate surface area is 109 Å². The predicted octanol–water partition coefficient (Wildman–Crippen LogP) is 1.14. The zero-order chi connectivity index (χ0) is 13.1. The molecule has 0 saturated carbocycles. The summed E-state index contributed by atoms with van der Waals surface area (Å²) in [4.78, 5) is 2.13. The van der Waals surface area contributed by atoms with Crippen LogP contribution >= 0.6 is 11.6 Å². The molecule has 1 rings (SSSR count). The fourth-order valence-corrected chi connectivity index (χ4v) is 3.07. The molecule has 1 aliphatic heterocycles. The Morgan fingerprint density at radius 3 is 2.65 bits per heavy atom. The molecule has 0 aromatic carbocycles. The van der Waals surface area contributed by atoms with Crippen molar-refractivity contribution in [1.82, 2.24) is 4.90 Å². The van der Waals surface area contributed by atoms with Gasteiger partial charge in [-0.05, 0) is 13.8 Å². The Morgan fingerprint density at radius 1 is 1.47 bits per heavy atom. The minimum Gasteiger partial charge on any atom is -0.368 e. The minimum atomic E-state index is -2.90. The molecule has 0 radical (unpaired) electrons. The highest BCUT2D eigenvalue weighted by Gasteiger charge is 2.33. The first-order chi connectivity index (χ1) is 7.78. The van der Waals surface area contributed by atoms with Gasteiger partial charge >= 0.3 is 0 Å². The van der Waals surface area contributed by atoms with Crippen molar-refractivity contribution in [2.24, 2.45) is 0 Å². The molecule has 0 bridgehead atoms. The summed E-state index contributed by atoms with van der Waals surface area (Å²) in [6.45, 7) is 7.72. The first-order valence-corrected chi connectivity index (χ1v) is 8.30. The van der Waals surface area contributed by atoms with Gasteiger partial charge in [0.15, 0.2) is 9.84 Å². The predicted molar refractivity (Wildman–Crippen MR) is 70.4 cm³/mol. The van der Waals surface area contributed by atoms with Gasteiger partial charge in [0.05, 0.1) is 17.5 Å². The quantitative estimate of drug-likeness (QED) is 0.710. The highest BCUT2D eigenvalue weighted by molar-refractivity contribution is 7.91. The molecule has 17 heavy (non-hydrogen) atoms. The van der Waals surface area contributed by atoms with Crippen LogP contribution in [0.15, 0.2) is 0 Å². The summed E-state index contributed by atoms with van der Waals surface area (Å²) < 4.78 is 28.7. The van der Waals surface area contributed by atoms with Crippen LogP contribution in [0.3, 0.4) is 0 Å². The van der Waals surface area contributed by atoms with Gasteiger partial charge in [0.2, 0.25) is 0 Å². The number of halogens is 1. The van der Waals surface area contributed by atoms with E-state index in [4.69, 9.17) is 16.3 Å². The standard InChI is InChI=1S/C11H22ClNO3S/c1-4-17(14,15)6-5-13-8-10(7-12)16-11(2,3)9-13/h10H,4-9H2,1-3H3. The van der Waals surface area contributed by atoms with Crippen molar-refractivity contribution in [3.63, 3.8) is 0 Å². The van der Waals surface area contributed by atoms with Gasteiger partial charge in [-0.3, -0.25) is 4.90 Å². The van der Waals surface area contributed by atoms with Crippen molar-refractivity contribution in [2.75, 3.05) is 37.0 Å².